The van der Waals surface area contributed by atoms with Crippen LogP contribution < -0.4 is 10.1 Å². The van der Waals surface area contributed by atoms with Gasteiger partial charge in [0.15, 0.2) is 0 Å². The molecule has 1 aliphatic rings. The maximum atomic E-state index is 12.7. The second kappa shape index (κ2) is 7.90. The molecule has 7 nitrogen and oxygen atoms in total. The molecule has 0 bridgehead atoms. The summed E-state index contributed by atoms with van der Waals surface area (Å²) in [6, 6.07) is 11.8. The largest absolute Gasteiger partial charge is 0.492 e. The van der Waals surface area contributed by atoms with Gasteiger partial charge in [0, 0.05) is 5.69 Å². The number of methoxy groups -OCH3 is 2. The van der Waals surface area contributed by atoms with Gasteiger partial charge >= 0.3 is 11.9 Å². The van der Waals surface area contributed by atoms with Crippen LogP contribution in [0.3, 0.4) is 0 Å². The Morgan fingerprint density at radius 2 is 1.63 bits per heavy atom. The molecule has 0 spiro atoms. The smallest absolute Gasteiger partial charge is 0.337 e. The van der Waals surface area contributed by atoms with E-state index < -0.39 is 11.9 Å². The van der Waals surface area contributed by atoms with E-state index in [1.807, 2.05) is 24.3 Å². The van der Waals surface area contributed by atoms with Crippen molar-refractivity contribution < 1.29 is 28.6 Å². The minimum absolute atomic E-state index is 0.140. The van der Waals surface area contributed by atoms with Crippen molar-refractivity contribution in [2.24, 2.45) is 5.92 Å². The zero-order valence-electron chi connectivity index (χ0n) is 15.0. The second-order valence-electron chi connectivity index (χ2n) is 6.09. The molecule has 1 aliphatic heterocycles. The summed E-state index contributed by atoms with van der Waals surface area (Å²) in [5.41, 5.74) is 1.55. The van der Waals surface area contributed by atoms with Crippen LogP contribution >= 0.6 is 0 Å². The third kappa shape index (κ3) is 4.08. The van der Waals surface area contributed by atoms with Gasteiger partial charge in [-0.1, -0.05) is 18.2 Å². The van der Waals surface area contributed by atoms with Gasteiger partial charge in [-0.2, -0.15) is 0 Å². The molecule has 1 N–H and O–H groups in total. The molecule has 1 atom stereocenters. The molecular formula is C20H19NO6. The first-order valence-electron chi connectivity index (χ1n) is 8.35. The predicted molar refractivity (Wildman–Crippen MR) is 96.9 cm³/mol. The summed E-state index contributed by atoms with van der Waals surface area (Å²) in [7, 11) is 2.48. The number of carbonyl (C=O) groups is 3. The summed E-state index contributed by atoms with van der Waals surface area (Å²) in [6.45, 7) is 0.253. The molecule has 1 amide bonds. The fraction of sp³-hybridized carbons (Fsp3) is 0.250. The van der Waals surface area contributed by atoms with Crippen molar-refractivity contribution in [2.75, 3.05) is 26.1 Å². The van der Waals surface area contributed by atoms with E-state index in [2.05, 4.69) is 5.32 Å². The van der Waals surface area contributed by atoms with Crippen molar-refractivity contribution in [3.8, 4) is 5.75 Å². The maximum Gasteiger partial charge on any atom is 0.337 e. The zero-order valence-corrected chi connectivity index (χ0v) is 15.0. The molecule has 0 aliphatic carbocycles. The summed E-state index contributed by atoms with van der Waals surface area (Å²) in [6.07, 6.45) is 0.544. The Kier molecular flexibility index (Phi) is 5.40. The Labute approximate surface area is 156 Å². The molecule has 140 valence electrons. The van der Waals surface area contributed by atoms with Crippen molar-refractivity contribution in [3.05, 3.63) is 59.2 Å². The highest BCUT2D eigenvalue weighted by molar-refractivity contribution is 6.00. The van der Waals surface area contributed by atoms with Crippen LogP contribution in [0.5, 0.6) is 5.75 Å². The molecule has 2 aromatic rings. The van der Waals surface area contributed by atoms with E-state index >= 15 is 0 Å². The lowest BCUT2D eigenvalue weighted by atomic mass is 9.96. The summed E-state index contributed by atoms with van der Waals surface area (Å²) >= 11 is 0. The van der Waals surface area contributed by atoms with Gasteiger partial charge < -0.3 is 19.5 Å². The molecule has 27 heavy (non-hydrogen) atoms. The molecule has 3 rings (SSSR count). The van der Waals surface area contributed by atoms with Gasteiger partial charge in [0.2, 0.25) is 5.91 Å². The number of nitrogens with one attached hydrogen (secondary N) is 1. The van der Waals surface area contributed by atoms with E-state index in [1.165, 1.54) is 32.4 Å². The topological polar surface area (TPSA) is 90.9 Å². The van der Waals surface area contributed by atoms with Gasteiger partial charge in [0.25, 0.3) is 0 Å². The number of benzene rings is 2. The zero-order chi connectivity index (χ0) is 19.4. The van der Waals surface area contributed by atoms with Crippen LogP contribution in [0.2, 0.25) is 0 Å². The molecule has 2 aromatic carbocycles. The van der Waals surface area contributed by atoms with Gasteiger partial charge in [-0.25, -0.2) is 9.59 Å². The number of fused-ring (bicyclic) bond motifs is 1. The van der Waals surface area contributed by atoms with E-state index in [0.29, 0.717) is 12.1 Å². The van der Waals surface area contributed by atoms with Crippen molar-refractivity contribution in [1.82, 2.24) is 0 Å². The maximum absolute atomic E-state index is 12.7. The summed E-state index contributed by atoms with van der Waals surface area (Å²) in [5, 5.41) is 2.75. The molecule has 7 heteroatoms. The molecule has 0 saturated carbocycles. The normalized spacial score (nSPS) is 15.1. The predicted octanol–water partition coefficient (Wildman–Crippen LogP) is 2.45. The number of anilines is 1. The molecular weight excluding hydrogens is 350 g/mol. The number of hydrogen-bond donors (Lipinski definition) is 1. The van der Waals surface area contributed by atoms with E-state index in [4.69, 9.17) is 14.2 Å². The Morgan fingerprint density at radius 1 is 1.00 bits per heavy atom. The van der Waals surface area contributed by atoms with Crippen LogP contribution in [0.15, 0.2) is 42.5 Å². The van der Waals surface area contributed by atoms with Crippen molar-refractivity contribution in [1.29, 1.82) is 0 Å². The Hall–Kier alpha value is -3.35. The van der Waals surface area contributed by atoms with Gasteiger partial charge in [0.1, 0.15) is 12.4 Å². The fourth-order valence-electron chi connectivity index (χ4n) is 2.91. The summed E-state index contributed by atoms with van der Waals surface area (Å²) in [4.78, 5) is 36.3. The van der Waals surface area contributed by atoms with Gasteiger partial charge in [-0.15, -0.1) is 0 Å². The first-order valence-corrected chi connectivity index (χ1v) is 8.35. The molecule has 1 heterocycles. The third-order valence-electron chi connectivity index (χ3n) is 4.29. The number of ether oxygens (including phenoxy) is 3. The first-order chi connectivity index (χ1) is 13.0. The quantitative estimate of drug-likeness (QED) is 0.833. The van der Waals surface area contributed by atoms with Crippen molar-refractivity contribution >= 4 is 23.5 Å². The Bertz CT molecular complexity index is 858. The lowest BCUT2D eigenvalue weighted by Crippen LogP contribution is -2.32. The lowest BCUT2D eigenvalue weighted by molar-refractivity contribution is -0.121. The molecule has 1 unspecified atom stereocenters. The molecule has 0 fully saturated rings. The van der Waals surface area contributed by atoms with Gasteiger partial charge in [0.05, 0.1) is 31.3 Å². The highest BCUT2D eigenvalue weighted by Gasteiger charge is 2.26. The van der Waals surface area contributed by atoms with Gasteiger partial charge in [-0.05, 0) is 36.2 Å². The van der Waals surface area contributed by atoms with Crippen LogP contribution in [-0.4, -0.2) is 38.7 Å². The Morgan fingerprint density at radius 3 is 2.26 bits per heavy atom. The van der Waals surface area contributed by atoms with Crippen LogP contribution in [0.25, 0.3) is 0 Å². The number of esters is 2. The van der Waals surface area contributed by atoms with E-state index in [9.17, 15) is 14.4 Å². The SMILES string of the molecule is COC(=O)c1cc(NC(=O)C2COc3ccccc3C2)cc(C(=O)OC)c1. The molecule has 0 radical (unpaired) electrons. The minimum Gasteiger partial charge on any atom is -0.492 e. The van der Waals surface area contributed by atoms with Crippen LogP contribution in [-0.2, 0) is 20.7 Å². The Balaban J connectivity index is 1.81. The summed E-state index contributed by atoms with van der Waals surface area (Å²) in [5.74, 6) is -1.11. The number of amides is 1. The average molecular weight is 369 g/mol. The highest BCUT2D eigenvalue weighted by Crippen LogP contribution is 2.27. The van der Waals surface area contributed by atoms with E-state index in [1.54, 1.807) is 0 Å². The van der Waals surface area contributed by atoms with Crippen LogP contribution in [0, 0.1) is 5.92 Å². The van der Waals surface area contributed by atoms with Crippen LogP contribution in [0.1, 0.15) is 26.3 Å². The average Bonchev–Trinajstić information content (AvgIpc) is 2.71. The monoisotopic (exact) mass is 369 g/mol. The molecule has 0 aromatic heterocycles. The standard InChI is InChI=1S/C20H19NO6/c1-25-19(23)13-8-14(20(24)26-2)10-16(9-13)21-18(22)15-7-12-5-3-4-6-17(12)27-11-15/h3-6,8-10,15H,7,11H2,1-2H3,(H,21,22). The van der Waals surface area contributed by atoms with Crippen LogP contribution in [0.4, 0.5) is 5.69 Å². The first kappa shape index (κ1) is 18.4. The lowest BCUT2D eigenvalue weighted by Gasteiger charge is -2.24. The third-order valence-corrected chi connectivity index (χ3v) is 4.29. The minimum atomic E-state index is -0.619. The van der Waals surface area contributed by atoms with Crippen molar-refractivity contribution in [3.63, 3.8) is 0 Å². The second-order valence-corrected chi connectivity index (χ2v) is 6.09. The number of hydrogen-bond acceptors (Lipinski definition) is 6. The van der Waals surface area contributed by atoms with E-state index in [0.717, 1.165) is 11.3 Å². The number of rotatable bonds is 4. The molecule has 0 saturated heterocycles. The van der Waals surface area contributed by atoms with Gasteiger partial charge in [-0.3, -0.25) is 4.79 Å². The van der Waals surface area contributed by atoms with Crippen molar-refractivity contribution in [2.45, 2.75) is 6.42 Å². The fourth-order valence-corrected chi connectivity index (χ4v) is 2.91. The highest BCUT2D eigenvalue weighted by atomic mass is 16.5. The number of para-hydroxylation sites is 1. The number of carbonyl (C=O) groups excluding carboxylic acids is 3. The van der Waals surface area contributed by atoms with E-state index in [-0.39, 0.29) is 29.6 Å². The summed E-state index contributed by atoms with van der Waals surface area (Å²) < 4.78 is 15.0.